The number of fused-ring (bicyclic) bond motifs is 1. The molecule has 0 atom stereocenters. The fourth-order valence-electron chi connectivity index (χ4n) is 3.07. The molecule has 0 saturated carbocycles. The minimum Gasteiger partial charge on any atom is -0.0836 e. The van der Waals surface area contributed by atoms with Crippen LogP contribution in [-0.4, -0.2) is 0 Å². The van der Waals surface area contributed by atoms with E-state index in [1.54, 1.807) is 0 Å². The first-order chi connectivity index (χ1) is 9.16. The standard InChI is InChI=1S/C19H20/c1-13-8-11-17(15(3)12-13)19-14(2)9-10-16-6-4-5-7-18(16)19/h5,7-12H,4,6H2,1-3H3. The van der Waals surface area contributed by atoms with Gasteiger partial charge in [-0.1, -0.05) is 48.0 Å². The number of benzene rings is 2. The summed E-state index contributed by atoms with van der Waals surface area (Å²) in [5.41, 5.74) is 9.80. The molecule has 0 bridgehead atoms. The predicted octanol–water partition coefficient (Wildman–Crippen LogP) is 5.24. The van der Waals surface area contributed by atoms with Crippen molar-refractivity contribution in [1.29, 1.82) is 0 Å². The zero-order chi connectivity index (χ0) is 13.4. The van der Waals surface area contributed by atoms with Crippen molar-refractivity contribution >= 4 is 6.08 Å². The summed E-state index contributed by atoms with van der Waals surface area (Å²) in [6.07, 6.45) is 6.95. The van der Waals surface area contributed by atoms with E-state index in [-0.39, 0.29) is 0 Å². The molecule has 0 spiro atoms. The Morgan fingerprint density at radius 2 is 1.74 bits per heavy atom. The van der Waals surface area contributed by atoms with Gasteiger partial charge in [0.2, 0.25) is 0 Å². The number of allylic oxidation sites excluding steroid dienone is 1. The molecule has 0 heteroatoms. The van der Waals surface area contributed by atoms with E-state index in [1.165, 1.54) is 51.8 Å². The molecule has 1 aliphatic carbocycles. The Morgan fingerprint density at radius 1 is 0.895 bits per heavy atom. The van der Waals surface area contributed by atoms with Gasteiger partial charge in [0, 0.05) is 0 Å². The summed E-state index contributed by atoms with van der Waals surface area (Å²) < 4.78 is 0. The van der Waals surface area contributed by atoms with Crippen LogP contribution < -0.4 is 0 Å². The van der Waals surface area contributed by atoms with Gasteiger partial charge in [-0.3, -0.25) is 0 Å². The summed E-state index contributed by atoms with van der Waals surface area (Å²) in [7, 11) is 0. The Bertz CT molecular complexity index is 660. The van der Waals surface area contributed by atoms with Crippen LogP contribution in [0.5, 0.6) is 0 Å². The van der Waals surface area contributed by atoms with Gasteiger partial charge in [0.15, 0.2) is 0 Å². The molecule has 0 heterocycles. The van der Waals surface area contributed by atoms with E-state index in [2.05, 4.69) is 63.3 Å². The highest BCUT2D eigenvalue weighted by molar-refractivity contribution is 5.82. The van der Waals surface area contributed by atoms with Crippen LogP contribution in [0.4, 0.5) is 0 Å². The lowest BCUT2D eigenvalue weighted by molar-refractivity contribution is 0.984. The van der Waals surface area contributed by atoms with Gasteiger partial charge in [-0.2, -0.15) is 0 Å². The summed E-state index contributed by atoms with van der Waals surface area (Å²) in [5.74, 6) is 0. The van der Waals surface area contributed by atoms with E-state index in [4.69, 9.17) is 0 Å². The second-order valence-electron chi connectivity index (χ2n) is 5.59. The molecule has 2 aromatic rings. The smallest absolute Gasteiger partial charge is 0.00768 e. The van der Waals surface area contributed by atoms with Gasteiger partial charge >= 0.3 is 0 Å². The number of hydrogen-bond acceptors (Lipinski definition) is 0. The fraction of sp³-hybridized carbons (Fsp3) is 0.263. The van der Waals surface area contributed by atoms with Gasteiger partial charge in [-0.25, -0.2) is 0 Å². The maximum atomic E-state index is 2.31. The van der Waals surface area contributed by atoms with Crippen LogP contribution in [0.25, 0.3) is 17.2 Å². The molecular formula is C19H20. The zero-order valence-corrected chi connectivity index (χ0v) is 12.0. The summed E-state index contributed by atoms with van der Waals surface area (Å²) in [5, 5.41) is 0. The molecule has 0 aliphatic heterocycles. The molecule has 0 amide bonds. The first-order valence-corrected chi connectivity index (χ1v) is 7.03. The van der Waals surface area contributed by atoms with Crippen LogP contribution in [0.2, 0.25) is 0 Å². The van der Waals surface area contributed by atoms with Crippen LogP contribution in [0.15, 0.2) is 36.4 Å². The fourth-order valence-corrected chi connectivity index (χ4v) is 3.07. The lowest BCUT2D eigenvalue weighted by Crippen LogP contribution is -1.99. The van der Waals surface area contributed by atoms with Crippen molar-refractivity contribution in [3.05, 3.63) is 64.2 Å². The monoisotopic (exact) mass is 248 g/mol. The predicted molar refractivity (Wildman–Crippen MR) is 83.4 cm³/mol. The topological polar surface area (TPSA) is 0 Å². The summed E-state index contributed by atoms with van der Waals surface area (Å²) >= 11 is 0. The highest BCUT2D eigenvalue weighted by Crippen LogP contribution is 2.35. The van der Waals surface area contributed by atoms with Crippen LogP contribution in [-0.2, 0) is 6.42 Å². The molecule has 0 N–H and O–H groups in total. The second-order valence-corrected chi connectivity index (χ2v) is 5.59. The molecular weight excluding hydrogens is 228 g/mol. The molecule has 0 fully saturated rings. The van der Waals surface area contributed by atoms with E-state index in [1.807, 2.05) is 0 Å². The van der Waals surface area contributed by atoms with Gasteiger partial charge in [-0.15, -0.1) is 0 Å². The lowest BCUT2D eigenvalue weighted by atomic mass is 9.85. The zero-order valence-electron chi connectivity index (χ0n) is 12.0. The Morgan fingerprint density at radius 3 is 2.53 bits per heavy atom. The largest absolute Gasteiger partial charge is 0.0836 e. The van der Waals surface area contributed by atoms with Crippen LogP contribution in [0.3, 0.4) is 0 Å². The third kappa shape index (κ3) is 2.12. The molecule has 2 aromatic carbocycles. The maximum Gasteiger partial charge on any atom is -0.00768 e. The highest BCUT2D eigenvalue weighted by atomic mass is 14.2. The minimum absolute atomic E-state index is 1.17. The van der Waals surface area contributed by atoms with Crippen molar-refractivity contribution in [2.75, 3.05) is 0 Å². The van der Waals surface area contributed by atoms with Gasteiger partial charge in [0.1, 0.15) is 0 Å². The van der Waals surface area contributed by atoms with Gasteiger partial charge in [0.25, 0.3) is 0 Å². The van der Waals surface area contributed by atoms with Crippen molar-refractivity contribution in [3.8, 4) is 11.1 Å². The van der Waals surface area contributed by atoms with Crippen molar-refractivity contribution in [2.45, 2.75) is 33.6 Å². The summed E-state index contributed by atoms with van der Waals surface area (Å²) in [6.45, 7) is 6.59. The first-order valence-electron chi connectivity index (χ1n) is 7.03. The van der Waals surface area contributed by atoms with Gasteiger partial charge in [0.05, 0.1) is 0 Å². The SMILES string of the molecule is Cc1ccc(-c2c(C)ccc3c2C=CCC3)c(C)c1. The molecule has 0 radical (unpaired) electrons. The van der Waals surface area contributed by atoms with Crippen LogP contribution >= 0.6 is 0 Å². The van der Waals surface area contributed by atoms with Gasteiger partial charge in [-0.05, 0) is 67.0 Å². The molecule has 0 saturated heterocycles. The van der Waals surface area contributed by atoms with Gasteiger partial charge < -0.3 is 0 Å². The van der Waals surface area contributed by atoms with E-state index >= 15 is 0 Å². The number of aryl methyl sites for hydroxylation is 4. The van der Waals surface area contributed by atoms with E-state index in [0.717, 1.165) is 0 Å². The highest BCUT2D eigenvalue weighted by Gasteiger charge is 2.14. The summed E-state index contributed by atoms with van der Waals surface area (Å²) in [6, 6.07) is 11.3. The van der Waals surface area contributed by atoms with E-state index < -0.39 is 0 Å². The molecule has 96 valence electrons. The molecule has 1 aliphatic rings. The average Bonchev–Trinajstić information content (AvgIpc) is 2.40. The minimum atomic E-state index is 1.17. The van der Waals surface area contributed by atoms with Crippen molar-refractivity contribution in [2.24, 2.45) is 0 Å². The Labute approximate surface area is 115 Å². The molecule has 3 rings (SSSR count). The third-order valence-electron chi connectivity index (χ3n) is 4.06. The second kappa shape index (κ2) is 4.70. The first kappa shape index (κ1) is 12.2. The van der Waals surface area contributed by atoms with Crippen LogP contribution in [0, 0.1) is 20.8 Å². The molecule has 0 nitrogen and oxygen atoms in total. The Balaban J connectivity index is 2.28. The normalized spacial score (nSPS) is 13.4. The van der Waals surface area contributed by atoms with Crippen molar-refractivity contribution < 1.29 is 0 Å². The van der Waals surface area contributed by atoms with E-state index in [0.29, 0.717) is 0 Å². The third-order valence-corrected chi connectivity index (χ3v) is 4.06. The lowest BCUT2D eigenvalue weighted by Gasteiger charge is -2.19. The molecule has 0 unspecified atom stereocenters. The quantitative estimate of drug-likeness (QED) is 0.647. The Hall–Kier alpha value is -1.82. The summed E-state index contributed by atoms with van der Waals surface area (Å²) in [4.78, 5) is 0. The van der Waals surface area contributed by atoms with Crippen molar-refractivity contribution in [3.63, 3.8) is 0 Å². The van der Waals surface area contributed by atoms with E-state index in [9.17, 15) is 0 Å². The number of rotatable bonds is 1. The van der Waals surface area contributed by atoms with Crippen molar-refractivity contribution in [1.82, 2.24) is 0 Å². The molecule has 19 heavy (non-hydrogen) atoms. The molecule has 0 aromatic heterocycles. The average molecular weight is 248 g/mol. The maximum absolute atomic E-state index is 2.31. The van der Waals surface area contributed by atoms with Crippen LogP contribution in [0.1, 0.15) is 34.2 Å². The number of hydrogen-bond donors (Lipinski definition) is 0. The Kier molecular flexibility index (Phi) is 3.02.